The van der Waals surface area contributed by atoms with Crippen molar-refractivity contribution >= 4 is 11.9 Å². The Hall–Kier alpha value is -2.24. The molecule has 0 aliphatic carbocycles. The van der Waals surface area contributed by atoms with Gasteiger partial charge in [0.1, 0.15) is 5.75 Å². The van der Waals surface area contributed by atoms with Gasteiger partial charge in [0.2, 0.25) is 0 Å². The average molecular weight is 389 g/mol. The first-order valence-electron chi connectivity index (χ1n) is 10.2. The lowest BCUT2D eigenvalue weighted by Crippen LogP contribution is -2.49. The van der Waals surface area contributed by atoms with Gasteiger partial charge in [0.25, 0.3) is 5.91 Å². The third-order valence-electron chi connectivity index (χ3n) is 5.36. The van der Waals surface area contributed by atoms with Crippen LogP contribution in [0.4, 0.5) is 0 Å². The second kappa shape index (κ2) is 10.3. The van der Waals surface area contributed by atoms with Crippen LogP contribution in [0.15, 0.2) is 29.3 Å². The van der Waals surface area contributed by atoms with E-state index < -0.39 is 0 Å². The van der Waals surface area contributed by atoms with Crippen molar-refractivity contribution in [2.24, 2.45) is 10.4 Å². The van der Waals surface area contributed by atoms with Crippen LogP contribution in [0.5, 0.6) is 5.75 Å². The van der Waals surface area contributed by atoms with Crippen molar-refractivity contribution in [1.29, 1.82) is 0 Å². The van der Waals surface area contributed by atoms with Crippen molar-refractivity contribution in [3.05, 3.63) is 29.8 Å². The predicted octanol–water partition coefficient (Wildman–Crippen LogP) is 3.13. The molecule has 1 N–H and O–H groups in total. The van der Waals surface area contributed by atoms with E-state index in [9.17, 15) is 4.79 Å². The van der Waals surface area contributed by atoms with E-state index >= 15 is 0 Å². The van der Waals surface area contributed by atoms with Crippen molar-refractivity contribution in [2.75, 3.05) is 40.8 Å². The van der Waals surface area contributed by atoms with Gasteiger partial charge >= 0.3 is 0 Å². The molecule has 6 nitrogen and oxygen atoms in total. The molecular formula is C22H36N4O2. The lowest BCUT2D eigenvalue weighted by Gasteiger charge is -2.42. The number of likely N-dealkylation sites (tertiary alicyclic amines) is 1. The number of nitrogens with zero attached hydrogens (tertiary/aromatic N) is 3. The van der Waals surface area contributed by atoms with Gasteiger partial charge in [0.05, 0.1) is 0 Å². The number of ether oxygens (including phenoxy) is 1. The Kier molecular flexibility index (Phi) is 8.15. The Balaban J connectivity index is 1.93. The minimum absolute atomic E-state index is 0.0509. The largest absolute Gasteiger partial charge is 0.484 e. The summed E-state index contributed by atoms with van der Waals surface area (Å²) in [7, 11) is 5.30. The summed E-state index contributed by atoms with van der Waals surface area (Å²) in [5.41, 5.74) is 1.47. The molecule has 1 heterocycles. The summed E-state index contributed by atoms with van der Waals surface area (Å²) < 4.78 is 5.61. The summed E-state index contributed by atoms with van der Waals surface area (Å²) >= 11 is 0. The summed E-state index contributed by atoms with van der Waals surface area (Å²) in [6.07, 6.45) is 4.98. The first-order valence-corrected chi connectivity index (χ1v) is 10.2. The van der Waals surface area contributed by atoms with Gasteiger partial charge in [-0.3, -0.25) is 9.79 Å². The molecule has 1 aromatic rings. The summed E-state index contributed by atoms with van der Waals surface area (Å²) in [6, 6.07) is 7.86. The SMILES string of the molecule is CCCC1(C)CCCN(C(=NC)NCc2cccc(OCC(=O)N(C)C)c2)C1. The van der Waals surface area contributed by atoms with Crippen molar-refractivity contribution < 1.29 is 9.53 Å². The third kappa shape index (κ3) is 6.43. The summed E-state index contributed by atoms with van der Waals surface area (Å²) in [5, 5.41) is 3.49. The van der Waals surface area contributed by atoms with Crippen LogP contribution in [0.2, 0.25) is 0 Å². The maximum absolute atomic E-state index is 11.7. The number of rotatable bonds is 7. The van der Waals surface area contributed by atoms with E-state index in [4.69, 9.17) is 4.74 Å². The number of nitrogens with one attached hydrogen (secondary N) is 1. The molecule has 1 saturated heterocycles. The number of hydrogen-bond acceptors (Lipinski definition) is 3. The maximum Gasteiger partial charge on any atom is 0.259 e. The number of hydrogen-bond donors (Lipinski definition) is 1. The van der Waals surface area contributed by atoms with E-state index in [1.807, 2.05) is 25.2 Å². The summed E-state index contributed by atoms with van der Waals surface area (Å²) in [5.74, 6) is 1.61. The molecule has 1 amide bonds. The standard InChI is InChI=1S/C22H36N4O2/c1-6-11-22(2)12-8-13-26(17-22)21(23-3)24-15-18-9-7-10-19(14-18)28-16-20(27)25(4)5/h7,9-10,14H,6,8,11-13,15-17H2,1-5H3,(H,23,24). The number of likely N-dealkylation sites (N-methyl/N-ethyl adjacent to an activating group) is 1. The van der Waals surface area contributed by atoms with Gasteiger partial charge in [0.15, 0.2) is 12.6 Å². The maximum atomic E-state index is 11.7. The molecule has 0 radical (unpaired) electrons. The second-order valence-electron chi connectivity index (χ2n) is 8.21. The molecule has 6 heteroatoms. The van der Waals surface area contributed by atoms with Crippen LogP contribution < -0.4 is 10.1 Å². The molecule has 0 saturated carbocycles. The van der Waals surface area contributed by atoms with Crippen LogP contribution in [-0.2, 0) is 11.3 Å². The predicted molar refractivity (Wildman–Crippen MR) is 115 cm³/mol. The van der Waals surface area contributed by atoms with Crippen LogP contribution in [0.25, 0.3) is 0 Å². The van der Waals surface area contributed by atoms with Crippen LogP contribution in [-0.4, -0.2) is 62.5 Å². The van der Waals surface area contributed by atoms with E-state index in [-0.39, 0.29) is 12.5 Å². The minimum atomic E-state index is -0.0517. The summed E-state index contributed by atoms with van der Waals surface area (Å²) in [6.45, 7) is 7.48. The van der Waals surface area contributed by atoms with Crippen molar-refractivity contribution in [3.8, 4) is 5.75 Å². The quantitative estimate of drug-likeness (QED) is 0.576. The molecular weight excluding hydrogens is 352 g/mol. The van der Waals surface area contributed by atoms with Crippen molar-refractivity contribution in [1.82, 2.24) is 15.1 Å². The lowest BCUT2D eigenvalue weighted by molar-refractivity contribution is -0.130. The Morgan fingerprint density at radius 1 is 1.39 bits per heavy atom. The normalized spacial score (nSPS) is 20.0. The van der Waals surface area contributed by atoms with E-state index in [1.54, 1.807) is 14.1 Å². The van der Waals surface area contributed by atoms with Gasteiger partial charge in [-0.1, -0.05) is 32.4 Å². The average Bonchev–Trinajstić information content (AvgIpc) is 2.67. The van der Waals surface area contributed by atoms with Gasteiger partial charge in [-0.15, -0.1) is 0 Å². The zero-order valence-electron chi connectivity index (χ0n) is 18.1. The smallest absolute Gasteiger partial charge is 0.259 e. The highest BCUT2D eigenvalue weighted by atomic mass is 16.5. The van der Waals surface area contributed by atoms with E-state index in [0.717, 1.165) is 24.6 Å². The first-order chi connectivity index (χ1) is 13.4. The fourth-order valence-electron chi connectivity index (χ4n) is 3.84. The van der Waals surface area contributed by atoms with Gasteiger partial charge in [0, 0.05) is 40.8 Å². The Morgan fingerprint density at radius 3 is 2.86 bits per heavy atom. The highest BCUT2D eigenvalue weighted by Gasteiger charge is 2.31. The van der Waals surface area contributed by atoms with Crippen molar-refractivity contribution in [2.45, 2.75) is 46.1 Å². The highest BCUT2D eigenvalue weighted by molar-refractivity contribution is 5.80. The molecule has 28 heavy (non-hydrogen) atoms. The number of carbonyl (C=O) groups is 1. The van der Waals surface area contributed by atoms with Crippen molar-refractivity contribution in [3.63, 3.8) is 0 Å². The van der Waals surface area contributed by atoms with Crippen LogP contribution >= 0.6 is 0 Å². The molecule has 1 unspecified atom stereocenters. The van der Waals surface area contributed by atoms with E-state index in [2.05, 4.69) is 35.1 Å². The molecule has 2 rings (SSSR count). The van der Waals surface area contributed by atoms with Crippen LogP contribution in [0, 0.1) is 5.41 Å². The molecule has 0 spiro atoms. The Bertz CT molecular complexity index is 670. The topological polar surface area (TPSA) is 57.2 Å². The molecule has 1 fully saturated rings. The van der Waals surface area contributed by atoms with E-state index in [1.165, 1.54) is 30.6 Å². The third-order valence-corrected chi connectivity index (χ3v) is 5.36. The minimum Gasteiger partial charge on any atom is -0.484 e. The Morgan fingerprint density at radius 2 is 2.18 bits per heavy atom. The molecule has 1 atom stereocenters. The fourth-order valence-corrected chi connectivity index (χ4v) is 3.84. The number of aliphatic imine (C=N–C) groups is 1. The molecule has 1 aliphatic rings. The fraction of sp³-hybridized carbons (Fsp3) is 0.636. The molecule has 156 valence electrons. The summed E-state index contributed by atoms with van der Waals surface area (Å²) in [4.78, 5) is 20.1. The lowest BCUT2D eigenvalue weighted by atomic mass is 9.78. The second-order valence-corrected chi connectivity index (χ2v) is 8.21. The monoisotopic (exact) mass is 388 g/mol. The number of guanidine groups is 1. The molecule has 0 aromatic heterocycles. The zero-order chi connectivity index (χ0) is 20.6. The van der Waals surface area contributed by atoms with Crippen LogP contribution in [0.1, 0.15) is 45.1 Å². The van der Waals surface area contributed by atoms with Crippen LogP contribution in [0.3, 0.4) is 0 Å². The van der Waals surface area contributed by atoms with Gasteiger partial charge in [-0.05, 0) is 42.4 Å². The molecule has 1 aliphatic heterocycles. The Labute approximate surface area is 170 Å². The van der Waals surface area contributed by atoms with E-state index in [0.29, 0.717) is 17.7 Å². The number of piperidine rings is 1. The van der Waals surface area contributed by atoms with Gasteiger partial charge < -0.3 is 19.9 Å². The first kappa shape index (κ1) is 22.1. The van der Waals surface area contributed by atoms with Gasteiger partial charge in [-0.2, -0.15) is 0 Å². The number of benzene rings is 1. The molecule has 1 aromatic carbocycles. The van der Waals surface area contributed by atoms with Gasteiger partial charge in [-0.25, -0.2) is 0 Å². The highest BCUT2D eigenvalue weighted by Crippen LogP contribution is 2.33. The number of carbonyl (C=O) groups excluding carboxylic acids is 1. The number of amides is 1. The molecule has 0 bridgehead atoms. The zero-order valence-corrected chi connectivity index (χ0v) is 18.1.